The van der Waals surface area contributed by atoms with E-state index in [0.717, 1.165) is 29.7 Å². The summed E-state index contributed by atoms with van der Waals surface area (Å²) in [6.07, 6.45) is 3.37. The molecule has 0 saturated carbocycles. The van der Waals surface area contributed by atoms with Crippen LogP contribution < -0.4 is 5.56 Å². The molecule has 4 rings (SSSR count). The van der Waals surface area contributed by atoms with Crippen molar-refractivity contribution in [2.24, 2.45) is 0 Å². The Labute approximate surface area is 193 Å². The fourth-order valence-electron chi connectivity index (χ4n) is 3.87. The van der Waals surface area contributed by atoms with Crippen LogP contribution in [0.5, 0.6) is 0 Å². The number of carbonyl (C=O) groups is 1. The van der Waals surface area contributed by atoms with Crippen molar-refractivity contribution in [3.63, 3.8) is 0 Å². The van der Waals surface area contributed by atoms with Gasteiger partial charge in [-0.05, 0) is 37.0 Å². The van der Waals surface area contributed by atoms with Gasteiger partial charge in [-0.1, -0.05) is 30.0 Å². The van der Waals surface area contributed by atoms with Crippen LogP contribution in [0.3, 0.4) is 0 Å². The summed E-state index contributed by atoms with van der Waals surface area (Å²) in [7, 11) is 0. The normalized spacial score (nSPS) is 12.3. The molecule has 0 spiro atoms. The number of rotatable bonds is 8. The van der Waals surface area contributed by atoms with E-state index in [1.165, 1.54) is 21.5 Å². The molecular weight excluding hydrogens is 442 g/mol. The predicted molar refractivity (Wildman–Crippen MR) is 125 cm³/mol. The smallest absolute Gasteiger partial charge is 0.267 e. The van der Waals surface area contributed by atoms with Crippen molar-refractivity contribution < 1.29 is 4.79 Å². The molecule has 1 aliphatic rings. The van der Waals surface area contributed by atoms with Crippen LogP contribution in [0.1, 0.15) is 29.7 Å². The summed E-state index contributed by atoms with van der Waals surface area (Å²) in [5.74, 6) is -0.102. The van der Waals surface area contributed by atoms with Gasteiger partial charge in [0.05, 0.1) is 41.8 Å². The molecule has 9 heteroatoms. The minimum atomic E-state index is -0.178. The van der Waals surface area contributed by atoms with Crippen LogP contribution in [0, 0.1) is 22.7 Å². The average molecular weight is 464 g/mol. The van der Waals surface area contributed by atoms with Gasteiger partial charge >= 0.3 is 0 Å². The monoisotopic (exact) mass is 463 g/mol. The summed E-state index contributed by atoms with van der Waals surface area (Å²) in [4.78, 5) is 34.7. The maximum absolute atomic E-state index is 13.6. The molecule has 7 nitrogen and oxygen atoms in total. The van der Waals surface area contributed by atoms with Crippen LogP contribution in [0.2, 0.25) is 0 Å². The highest BCUT2D eigenvalue weighted by molar-refractivity contribution is 7.99. The number of amides is 1. The van der Waals surface area contributed by atoms with E-state index in [0.29, 0.717) is 16.2 Å². The Bertz CT molecular complexity index is 1270. The number of para-hydroxylation sites is 1. The van der Waals surface area contributed by atoms with Crippen LogP contribution >= 0.6 is 23.1 Å². The van der Waals surface area contributed by atoms with Gasteiger partial charge < -0.3 is 4.90 Å². The Kier molecular flexibility index (Phi) is 6.89. The van der Waals surface area contributed by atoms with Crippen molar-refractivity contribution in [1.29, 1.82) is 10.5 Å². The molecule has 1 amide bonds. The van der Waals surface area contributed by atoms with Gasteiger partial charge in [-0.25, -0.2) is 4.98 Å². The number of thioether (sulfide) groups is 1. The number of fused-ring (bicyclic) bond motifs is 3. The lowest BCUT2D eigenvalue weighted by atomic mass is 10.2. The van der Waals surface area contributed by atoms with E-state index in [9.17, 15) is 9.59 Å². The topological polar surface area (TPSA) is 103 Å². The number of hydrogen-bond acceptors (Lipinski definition) is 7. The second-order valence-corrected chi connectivity index (χ2v) is 9.42. The lowest BCUT2D eigenvalue weighted by molar-refractivity contribution is -0.128. The lowest BCUT2D eigenvalue weighted by Gasteiger charge is -2.20. The molecule has 0 aliphatic heterocycles. The molecule has 32 heavy (non-hydrogen) atoms. The first-order chi connectivity index (χ1) is 15.6. The van der Waals surface area contributed by atoms with E-state index >= 15 is 0 Å². The fourth-order valence-corrected chi connectivity index (χ4v) is 6.09. The third kappa shape index (κ3) is 4.40. The molecular formula is C23H21N5O2S2. The number of aromatic nitrogens is 2. The van der Waals surface area contributed by atoms with Crippen molar-refractivity contribution in [2.45, 2.75) is 37.3 Å². The Morgan fingerprint density at radius 3 is 2.56 bits per heavy atom. The molecule has 0 fully saturated rings. The summed E-state index contributed by atoms with van der Waals surface area (Å²) in [6, 6.07) is 13.4. The first-order valence-corrected chi connectivity index (χ1v) is 12.2. The second-order valence-electron chi connectivity index (χ2n) is 7.39. The number of aryl methyl sites for hydroxylation is 2. The van der Waals surface area contributed by atoms with Crippen LogP contribution in [-0.4, -0.2) is 39.2 Å². The number of thiophene rings is 1. The third-order valence-electron chi connectivity index (χ3n) is 5.39. The van der Waals surface area contributed by atoms with E-state index in [4.69, 9.17) is 15.5 Å². The molecule has 162 valence electrons. The highest BCUT2D eigenvalue weighted by Gasteiger charge is 2.24. The zero-order valence-corrected chi connectivity index (χ0v) is 19.0. The van der Waals surface area contributed by atoms with E-state index in [1.54, 1.807) is 15.9 Å². The number of nitrogens with zero attached hydrogens (tertiary/aromatic N) is 5. The summed E-state index contributed by atoms with van der Waals surface area (Å²) >= 11 is 2.79. The van der Waals surface area contributed by atoms with Gasteiger partial charge in [0.15, 0.2) is 5.16 Å². The van der Waals surface area contributed by atoms with Crippen molar-refractivity contribution in [3.8, 4) is 17.8 Å². The Balaban J connectivity index is 1.69. The molecule has 0 unspecified atom stereocenters. The molecule has 0 atom stereocenters. The second kappa shape index (κ2) is 9.99. The van der Waals surface area contributed by atoms with Gasteiger partial charge in [0.1, 0.15) is 4.83 Å². The number of hydrogen-bond donors (Lipinski definition) is 0. The quantitative estimate of drug-likeness (QED) is 0.373. The van der Waals surface area contributed by atoms with Crippen LogP contribution in [-0.2, 0) is 17.6 Å². The Morgan fingerprint density at radius 2 is 1.88 bits per heavy atom. The maximum atomic E-state index is 13.6. The van der Waals surface area contributed by atoms with Gasteiger partial charge in [-0.3, -0.25) is 14.2 Å². The van der Waals surface area contributed by atoms with Crippen molar-refractivity contribution in [3.05, 3.63) is 51.1 Å². The predicted octanol–water partition coefficient (Wildman–Crippen LogP) is 3.68. The van der Waals surface area contributed by atoms with Crippen molar-refractivity contribution in [1.82, 2.24) is 14.5 Å². The Hall–Kier alpha value is -3.14. The summed E-state index contributed by atoms with van der Waals surface area (Å²) in [5.41, 5.74) is 1.74. The number of carbonyl (C=O) groups excluding carboxylic acids is 1. The zero-order chi connectivity index (χ0) is 22.5. The largest absolute Gasteiger partial charge is 0.340 e. The molecule has 1 aromatic carbocycles. The lowest BCUT2D eigenvalue weighted by Crippen LogP contribution is -2.34. The maximum Gasteiger partial charge on any atom is 0.267 e. The van der Waals surface area contributed by atoms with Crippen LogP contribution in [0.15, 0.2) is 40.3 Å². The third-order valence-corrected chi connectivity index (χ3v) is 7.50. The zero-order valence-electron chi connectivity index (χ0n) is 17.4. The number of benzene rings is 1. The minimum Gasteiger partial charge on any atom is -0.340 e. The van der Waals surface area contributed by atoms with E-state index in [-0.39, 0.29) is 43.2 Å². The molecule has 0 N–H and O–H groups in total. The van der Waals surface area contributed by atoms with E-state index in [1.807, 2.05) is 42.5 Å². The summed E-state index contributed by atoms with van der Waals surface area (Å²) in [6.45, 7) is 0.570. The highest BCUT2D eigenvalue weighted by atomic mass is 32.2. The van der Waals surface area contributed by atoms with Gasteiger partial charge in [-0.15, -0.1) is 11.3 Å². The van der Waals surface area contributed by atoms with Crippen molar-refractivity contribution >= 4 is 39.2 Å². The SMILES string of the molecule is N#CCCN(CCC#N)C(=O)CSc1nc2sc3c(c2c(=O)n1-c1ccccc1)CCC3. The molecule has 0 saturated heterocycles. The Morgan fingerprint density at radius 1 is 1.16 bits per heavy atom. The molecule has 2 heterocycles. The molecule has 0 bridgehead atoms. The first kappa shape index (κ1) is 22.1. The van der Waals surface area contributed by atoms with Crippen LogP contribution in [0.4, 0.5) is 0 Å². The number of nitriles is 2. The highest BCUT2D eigenvalue weighted by Crippen LogP contribution is 2.36. The first-order valence-electron chi connectivity index (χ1n) is 10.4. The molecule has 0 radical (unpaired) electrons. The molecule has 3 aromatic rings. The van der Waals surface area contributed by atoms with E-state index in [2.05, 4.69) is 0 Å². The minimum absolute atomic E-state index is 0.0761. The van der Waals surface area contributed by atoms with E-state index < -0.39 is 0 Å². The molecule has 1 aliphatic carbocycles. The van der Waals surface area contributed by atoms with Crippen LogP contribution in [0.25, 0.3) is 15.9 Å². The molecule has 2 aromatic heterocycles. The average Bonchev–Trinajstić information content (AvgIpc) is 3.39. The van der Waals surface area contributed by atoms with Gasteiger partial charge in [0.2, 0.25) is 5.91 Å². The van der Waals surface area contributed by atoms with Gasteiger partial charge in [0, 0.05) is 18.0 Å². The fraction of sp³-hybridized carbons (Fsp3) is 0.348. The summed E-state index contributed by atoms with van der Waals surface area (Å²) in [5, 5.41) is 18.9. The van der Waals surface area contributed by atoms with Crippen molar-refractivity contribution in [2.75, 3.05) is 18.8 Å². The summed E-state index contributed by atoms with van der Waals surface area (Å²) < 4.78 is 1.60. The standard InChI is InChI=1S/C23H21N5O2S2/c24-11-5-13-27(14-6-12-25)19(29)15-31-23-26-21-20(17-9-4-10-18(17)32-21)22(30)28(23)16-7-2-1-3-8-16/h1-3,7-8H,4-6,9-10,13-15H2. The van der Waals surface area contributed by atoms with Gasteiger partial charge in [0.25, 0.3) is 5.56 Å². The van der Waals surface area contributed by atoms with Gasteiger partial charge in [-0.2, -0.15) is 10.5 Å².